The molecule has 0 unspecified atom stereocenters. The van der Waals surface area contributed by atoms with E-state index >= 15 is 0 Å². The molecule has 2 rings (SSSR count). The normalized spacial score (nSPS) is 11.0. The number of rotatable bonds is 3. The Balaban J connectivity index is 2.35. The summed E-state index contributed by atoms with van der Waals surface area (Å²) < 4.78 is 2.89. The van der Waals surface area contributed by atoms with Crippen LogP contribution in [0.1, 0.15) is 47.1 Å². The van der Waals surface area contributed by atoms with Gasteiger partial charge in [0.25, 0.3) is 5.91 Å². The molecule has 1 heterocycles. The summed E-state index contributed by atoms with van der Waals surface area (Å²) in [4.78, 5) is 12.6. The van der Waals surface area contributed by atoms with E-state index in [0.717, 1.165) is 21.3 Å². The number of amides is 1. The molecule has 0 radical (unpaired) electrons. The minimum Gasteiger partial charge on any atom is -0.340 e. The second-order valence-corrected chi connectivity index (χ2v) is 6.69. The fraction of sp³-hybridized carbons (Fsp3) is 0.353. The van der Waals surface area contributed by atoms with Crippen LogP contribution in [0.15, 0.2) is 28.9 Å². The van der Waals surface area contributed by atoms with Gasteiger partial charge in [0.05, 0.1) is 0 Å². The van der Waals surface area contributed by atoms with E-state index < -0.39 is 0 Å². The minimum atomic E-state index is -0.0792. The van der Waals surface area contributed by atoms with Gasteiger partial charge in [0.1, 0.15) is 5.69 Å². The Morgan fingerprint density at radius 3 is 2.24 bits per heavy atom. The second-order valence-electron chi connectivity index (χ2n) is 5.77. The van der Waals surface area contributed by atoms with Crippen LogP contribution in [0, 0.1) is 20.8 Å². The van der Waals surface area contributed by atoms with Crippen molar-refractivity contribution in [3.63, 3.8) is 0 Å². The lowest BCUT2D eigenvalue weighted by Gasteiger charge is -2.15. The number of aryl methyl sites for hydroxylation is 3. The van der Waals surface area contributed by atoms with Gasteiger partial charge in [0.2, 0.25) is 0 Å². The summed E-state index contributed by atoms with van der Waals surface area (Å²) in [5.74, 6) is -0.0792. The Morgan fingerprint density at radius 1 is 1.14 bits per heavy atom. The number of nitrogens with one attached hydrogen (secondary N) is 1. The van der Waals surface area contributed by atoms with E-state index in [1.165, 1.54) is 5.56 Å². The Labute approximate surface area is 134 Å². The summed E-state index contributed by atoms with van der Waals surface area (Å²) in [5.41, 5.74) is 4.94. The van der Waals surface area contributed by atoms with Crippen molar-refractivity contribution >= 4 is 27.5 Å². The zero-order valence-corrected chi connectivity index (χ0v) is 14.7. The highest BCUT2D eigenvalue weighted by molar-refractivity contribution is 9.10. The van der Waals surface area contributed by atoms with E-state index in [9.17, 15) is 4.79 Å². The molecule has 0 aliphatic heterocycles. The number of carbonyl (C=O) groups excluding carboxylic acids is 1. The van der Waals surface area contributed by atoms with Gasteiger partial charge in [0, 0.05) is 22.4 Å². The molecular weight excluding hydrogens is 328 g/mol. The van der Waals surface area contributed by atoms with Crippen LogP contribution < -0.4 is 5.32 Å². The minimum absolute atomic E-state index is 0.0792. The van der Waals surface area contributed by atoms with Crippen LogP contribution in [-0.2, 0) is 0 Å². The highest BCUT2D eigenvalue weighted by Crippen LogP contribution is 2.24. The van der Waals surface area contributed by atoms with Crippen LogP contribution in [-0.4, -0.2) is 10.5 Å². The maximum Gasteiger partial charge on any atom is 0.272 e. The van der Waals surface area contributed by atoms with E-state index in [1.54, 1.807) is 0 Å². The number of hydrogen-bond acceptors (Lipinski definition) is 1. The molecule has 0 bridgehead atoms. The first-order valence-electron chi connectivity index (χ1n) is 7.06. The van der Waals surface area contributed by atoms with E-state index in [1.807, 2.05) is 30.7 Å². The summed E-state index contributed by atoms with van der Waals surface area (Å²) in [6.45, 7) is 10.2. The highest BCUT2D eigenvalue weighted by Gasteiger charge is 2.16. The second kappa shape index (κ2) is 6.06. The first-order chi connectivity index (χ1) is 9.79. The fourth-order valence-electron chi connectivity index (χ4n) is 2.61. The molecule has 0 aliphatic rings. The van der Waals surface area contributed by atoms with Crippen molar-refractivity contribution in [2.45, 2.75) is 40.7 Å². The van der Waals surface area contributed by atoms with Crippen molar-refractivity contribution in [1.29, 1.82) is 0 Å². The average molecular weight is 349 g/mol. The Kier molecular flexibility index (Phi) is 4.57. The Morgan fingerprint density at radius 2 is 1.71 bits per heavy atom. The third kappa shape index (κ3) is 3.38. The molecular formula is C17H21BrN2O. The largest absolute Gasteiger partial charge is 0.340 e. The molecule has 1 amide bonds. The number of carbonyl (C=O) groups is 1. The van der Waals surface area contributed by atoms with E-state index in [-0.39, 0.29) is 11.9 Å². The summed E-state index contributed by atoms with van der Waals surface area (Å²) >= 11 is 3.44. The first-order valence-corrected chi connectivity index (χ1v) is 7.85. The lowest BCUT2D eigenvalue weighted by Crippen LogP contribution is -2.19. The molecule has 1 aromatic carbocycles. The third-order valence-corrected chi connectivity index (χ3v) is 3.95. The first kappa shape index (κ1) is 15.8. The standard InChI is InChI=1S/C17H21BrN2O/c1-10(2)20-9-14(18)8-15(20)17(21)19-16-12(4)6-11(3)7-13(16)5/h6-10H,1-5H3,(H,19,21). The third-order valence-electron chi connectivity index (χ3n) is 3.52. The lowest BCUT2D eigenvalue weighted by molar-refractivity contribution is 0.101. The van der Waals surface area contributed by atoms with Gasteiger partial charge in [-0.25, -0.2) is 0 Å². The number of benzene rings is 1. The quantitative estimate of drug-likeness (QED) is 0.830. The molecule has 1 aromatic heterocycles. The molecule has 0 saturated heterocycles. The van der Waals surface area contributed by atoms with Crippen LogP contribution in [0.3, 0.4) is 0 Å². The predicted molar refractivity (Wildman–Crippen MR) is 91.1 cm³/mol. The maximum absolute atomic E-state index is 12.6. The predicted octanol–water partition coefficient (Wildman–Crippen LogP) is 5.01. The molecule has 3 nitrogen and oxygen atoms in total. The Bertz CT molecular complexity index is 663. The monoisotopic (exact) mass is 348 g/mol. The smallest absolute Gasteiger partial charge is 0.272 e. The number of halogens is 1. The molecule has 2 aromatic rings. The van der Waals surface area contributed by atoms with Crippen LogP contribution in [0.2, 0.25) is 0 Å². The molecule has 0 atom stereocenters. The number of anilines is 1. The fourth-order valence-corrected chi connectivity index (χ4v) is 3.05. The van der Waals surface area contributed by atoms with Gasteiger partial charge in [-0.2, -0.15) is 0 Å². The van der Waals surface area contributed by atoms with E-state index in [2.05, 4.69) is 54.2 Å². The van der Waals surface area contributed by atoms with Gasteiger partial charge in [-0.3, -0.25) is 4.79 Å². The summed E-state index contributed by atoms with van der Waals surface area (Å²) in [5, 5.41) is 3.05. The number of hydrogen-bond donors (Lipinski definition) is 1. The summed E-state index contributed by atoms with van der Waals surface area (Å²) in [7, 11) is 0. The van der Waals surface area contributed by atoms with Crippen molar-refractivity contribution in [3.05, 3.63) is 51.3 Å². The van der Waals surface area contributed by atoms with Crippen LogP contribution in [0.4, 0.5) is 5.69 Å². The van der Waals surface area contributed by atoms with Gasteiger partial charge in [-0.1, -0.05) is 17.7 Å². The number of aromatic nitrogens is 1. The highest BCUT2D eigenvalue weighted by atomic mass is 79.9. The van der Waals surface area contributed by atoms with Crippen molar-refractivity contribution in [2.75, 3.05) is 5.32 Å². The van der Waals surface area contributed by atoms with Crippen molar-refractivity contribution in [1.82, 2.24) is 4.57 Å². The molecule has 4 heteroatoms. The van der Waals surface area contributed by atoms with Gasteiger partial charge in [-0.15, -0.1) is 0 Å². The summed E-state index contributed by atoms with van der Waals surface area (Å²) in [6.07, 6.45) is 1.94. The SMILES string of the molecule is Cc1cc(C)c(NC(=O)c2cc(Br)cn2C(C)C)c(C)c1. The molecule has 0 spiro atoms. The van der Waals surface area contributed by atoms with Crippen molar-refractivity contribution < 1.29 is 4.79 Å². The molecule has 0 saturated carbocycles. The van der Waals surface area contributed by atoms with Gasteiger partial charge < -0.3 is 9.88 Å². The molecule has 0 fully saturated rings. The van der Waals surface area contributed by atoms with Crippen LogP contribution in [0.5, 0.6) is 0 Å². The van der Waals surface area contributed by atoms with E-state index in [4.69, 9.17) is 0 Å². The zero-order chi connectivity index (χ0) is 15.7. The molecule has 21 heavy (non-hydrogen) atoms. The lowest BCUT2D eigenvalue weighted by atomic mass is 10.0. The number of nitrogens with zero attached hydrogens (tertiary/aromatic N) is 1. The zero-order valence-electron chi connectivity index (χ0n) is 13.1. The van der Waals surface area contributed by atoms with Gasteiger partial charge in [-0.05, 0) is 67.7 Å². The summed E-state index contributed by atoms with van der Waals surface area (Å²) in [6, 6.07) is 6.26. The van der Waals surface area contributed by atoms with Crippen LogP contribution in [0.25, 0.3) is 0 Å². The molecule has 112 valence electrons. The topological polar surface area (TPSA) is 34.0 Å². The molecule has 1 N–H and O–H groups in total. The van der Waals surface area contributed by atoms with Gasteiger partial charge in [0.15, 0.2) is 0 Å². The van der Waals surface area contributed by atoms with E-state index in [0.29, 0.717) is 5.69 Å². The maximum atomic E-state index is 12.6. The molecule has 0 aliphatic carbocycles. The average Bonchev–Trinajstić information content (AvgIpc) is 2.76. The van der Waals surface area contributed by atoms with Crippen molar-refractivity contribution in [3.8, 4) is 0 Å². The Hall–Kier alpha value is -1.55. The van der Waals surface area contributed by atoms with Crippen LogP contribution >= 0.6 is 15.9 Å². The van der Waals surface area contributed by atoms with Gasteiger partial charge >= 0.3 is 0 Å². The van der Waals surface area contributed by atoms with Crippen molar-refractivity contribution in [2.24, 2.45) is 0 Å².